The molecule has 2 heterocycles. The summed E-state index contributed by atoms with van der Waals surface area (Å²) >= 11 is 1.48. The molecule has 21 heavy (non-hydrogen) atoms. The van der Waals surface area contributed by atoms with E-state index in [-0.39, 0.29) is 5.91 Å². The molecule has 1 unspecified atom stereocenters. The number of likely N-dealkylation sites (tertiary alicyclic amines) is 1. The predicted molar refractivity (Wildman–Crippen MR) is 85.7 cm³/mol. The number of hydrogen-bond acceptors (Lipinski definition) is 5. The number of nitrogens with one attached hydrogen (secondary N) is 2. The first-order valence-corrected chi connectivity index (χ1v) is 8.07. The minimum atomic E-state index is -0.0317. The van der Waals surface area contributed by atoms with E-state index in [4.69, 9.17) is 0 Å². The van der Waals surface area contributed by atoms with Gasteiger partial charge in [-0.3, -0.25) is 9.69 Å². The van der Waals surface area contributed by atoms with Crippen LogP contribution in [0.3, 0.4) is 0 Å². The Morgan fingerprint density at radius 1 is 1.52 bits per heavy atom. The maximum atomic E-state index is 12.2. The van der Waals surface area contributed by atoms with Crippen molar-refractivity contribution in [3.63, 3.8) is 0 Å². The first-order valence-electron chi connectivity index (χ1n) is 7.25. The minimum Gasteiger partial charge on any atom is -0.318 e. The van der Waals surface area contributed by atoms with Crippen molar-refractivity contribution in [1.82, 2.24) is 10.2 Å². The molecule has 2 rings (SSSR count). The summed E-state index contributed by atoms with van der Waals surface area (Å²) in [5.41, 5.74) is 1.56. The van der Waals surface area contributed by atoms with E-state index in [1.54, 1.807) is 0 Å². The van der Waals surface area contributed by atoms with E-state index in [0.717, 1.165) is 36.4 Å². The zero-order chi connectivity index (χ0) is 15.4. The monoisotopic (exact) mass is 306 g/mol. The second-order valence-electron chi connectivity index (χ2n) is 5.47. The van der Waals surface area contributed by atoms with Crippen LogP contribution in [0, 0.1) is 25.2 Å². The van der Waals surface area contributed by atoms with Crippen molar-refractivity contribution in [2.75, 3.05) is 32.0 Å². The standard InChI is InChI=1S/C15H22N4OS/c1-10-11(2)21-15(13(10)7-16)18-14(20)9-19-6-4-5-12(19)8-17-3/h12,17H,4-6,8-9H2,1-3H3,(H,18,20). The Balaban J connectivity index is 1.99. The van der Waals surface area contributed by atoms with Crippen LogP contribution in [0.1, 0.15) is 28.8 Å². The molecule has 0 aromatic carbocycles. The third-order valence-electron chi connectivity index (χ3n) is 4.04. The van der Waals surface area contributed by atoms with Crippen LogP contribution >= 0.6 is 11.3 Å². The van der Waals surface area contributed by atoms with Gasteiger partial charge in [-0.2, -0.15) is 5.26 Å². The highest BCUT2D eigenvalue weighted by atomic mass is 32.1. The van der Waals surface area contributed by atoms with Crippen LogP contribution in [0.15, 0.2) is 0 Å². The fraction of sp³-hybridized carbons (Fsp3) is 0.600. The second kappa shape index (κ2) is 7.03. The van der Waals surface area contributed by atoms with Gasteiger partial charge in [0.2, 0.25) is 5.91 Å². The maximum absolute atomic E-state index is 12.2. The lowest BCUT2D eigenvalue weighted by Crippen LogP contribution is -2.41. The van der Waals surface area contributed by atoms with E-state index in [1.165, 1.54) is 11.3 Å². The fourth-order valence-electron chi connectivity index (χ4n) is 2.77. The summed E-state index contributed by atoms with van der Waals surface area (Å²) in [5.74, 6) is -0.0317. The van der Waals surface area contributed by atoms with Gasteiger partial charge >= 0.3 is 0 Å². The largest absolute Gasteiger partial charge is 0.318 e. The summed E-state index contributed by atoms with van der Waals surface area (Å²) in [6.07, 6.45) is 2.27. The second-order valence-corrected chi connectivity index (χ2v) is 6.70. The lowest BCUT2D eigenvalue weighted by molar-refractivity contribution is -0.117. The number of nitrogens with zero attached hydrogens (tertiary/aromatic N) is 2. The normalized spacial score (nSPS) is 18.7. The van der Waals surface area contributed by atoms with Gasteiger partial charge in [0.25, 0.3) is 0 Å². The van der Waals surface area contributed by atoms with Crippen LogP contribution in [-0.2, 0) is 4.79 Å². The van der Waals surface area contributed by atoms with Gasteiger partial charge in [0.05, 0.1) is 12.1 Å². The minimum absolute atomic E-state index is 0.0317. The van der Waals surface area contributed by atoms with Crippen molar-refractivity contribution in [2.24, 2.45) is 0 Å². The molecule has 1 saturated heterocycles. The average Bonchev–Trinajstić information content (AvgIpc) is 2.96. The molecule has 1 aromatic heterocycles. The molecule has 1 fully saturated rings. The van der Waals surface area contributed by atoms with Crippen molar-refractivity contribution in [2.45, 2.75) is 32.7 Å². The Morgan fingerprint density at radius 2 is 2.29 bits per heavy atom. The van der Waals surface area contributed by atoms with Gasteiger partial charge in [-0.15, -0.1) is 11.3 Å². The Bertz CT molecular complexity index is 561. The zero-order valence-corrected chi connectivity index (χ0v) is 13.6. The van der Waals surface area contributed by atoms with Crippen molar-refractivity contribution in [1.29, 1.82) is 5.26 Å². The summed E-state index contributed by atoms with van der Waals surface area (Å²) in [4.78, 5) is 15.5. The summed E-state index contributed by atoms with van der Waals surface area (Å²) in [6.45, 7) is 6.16. The number of anilines is 1. The number of carbonyl (C=O) groups is 1. The highest BCUT2D eigenvalue weighted by Crippen LogP contribution is 2.31. The molecule has 1 aliphatic rings. The van der Waals surface area contributed by atoms with Crippen LogP contribution < -0.4 is 10.6 Å². The van der Waals surface area contributed by atoms with Crippen LogP contribution in [0.2, 0.25) is 0 Å². The number of likely N-dealkylation sites (N-methyl/N-ethyl adjacent to an activating group) is 1. The highest BCUT2D eigenvalue weighted by Gasteiger charge is 2.26. The topological polar surface area (TPSA) is 68.2 Å². The Labute approximate surface area is 129 Å². The van der Waals surface area contributed by atoms with Crippen LogP contribution in [0.25, 0.3) is 0 Å². The molecule has 0 radical (unpaired) electrons. The molecule has 6 heteroatoms. The number of thiophene rings is 1. The van der Waals surface area contributed by atoms with Gasteiger partial charge in [-0.25, -0.2) is 0 Å². The van der Waals surface area contributed by atoms with Gasteiger partial charge in [0.15, 0.2) is 0 Å². The number of carbonyl (C=O) groups excluding carboxylic acids is 1. The molecule has 1 aromatic rings. The molecular formula is C15H22N4OS. The zero-order valence-electron chi connectivity index (χ0n) is 12.8. The SMILES string of the molecule is CNCC1CCCN1CC(=O)Nc1sc(C)c(C)c1C#N. The lowest BCUT2D eigenvalue weighted by atomic mass is 10.2. The fourth-order valence-corrected chi connectivity index (χ4v) is 3.80. The smallest absolute Gasteiger partial charge is 0.239 e. The molecule has 0 bridgehead atoms. The number of amides is 1. The molecule has 5 nitrogen and oxygen atoms in total. The summed E-state index contributed by atoms with van der Waals surface area (Å²) in [6, 6.07) is 2.62. The van der Waals surface area contributed by atoms with Gasteiger partial charge in [0, 0.05) is 17.5 Å². The van der Waals surface area contributed by atoms with Crippen molar-refractivity contribution >= 4 is 22.2 Å². The maximum Gasteiger partial charge on any atom is 0.239 e. The number of rotatable bonds is 5. The summed E-state index contributed by atoms with van der Waals surface area (Å²) in [5, 5.41) is 16.0. The molecule has 0 spiro atoms. The van der Waals surface area contributed by atoms with E-state index >= 15 is 0 Å². The lowest BCUT2D eigenvalue weighted by Gasteiger charge is -2.23. The quantitative estimate of drug-likeness (QED) is 0.871. The Morgan fingerprint density at radius 3 is 2.95 bits per heavy atom. The van der Waals surface area contributed by atoms with Crippen molar-refractivity contribution < 1.29 is 4.79 Å². The number of hydrogen-bond donors (Lipinski definition) is 2. The average molecular weight is 306 g/mol. The number of aryl methyl sites for hydroxylation is 1. The molecule has 0 saturated carbocycles. The summed E-state index contributed by atoms with van der Waals surface area (Å²) < 4.78 is 0. The third kappa shape index (κ3) is 3.62. The van der Waals surface area contributed by atoms with Gasteiger partial charge in [-0.05, 0) is 45.8 Å². The molecule has 1 atom stereocenters. The third-order valence-corrected chi connectivity index (χ3v) is 5.16. The van der Waals surface area contributed by atoms with Crippen LogP contribution in [-0.4, -0.2) is 43.5 Å². The molecular weight excluding hydrogens is 284 g/mol. The van der Waals surface area contributed by atoms with Gasteiger partial charge in [0.1, 0.15) is 11.1 Å². The van der Waals surface area contributed by atoms with Crippen LogP contribution in [0.4, 0.5) is 5.00 Å². The van der Waals surface area contributed by atoms with Crippen molar-refractivity contribution in [3.8, 4) is 6.07 Å². The molecule has 0 aliphatic carbocycles. The molecule has 114 valence electrons. The van der Waals surface area contributed by atoms with E-state index < -0.39 is 0 Å². The van der Waals surface area contributed by atoms with E-state index in [2.05, 4.69) is 21.6 Å². The van der Waals surface area contributed by atoms with Gasteiger partial charge < -0.3 is 10.6 Å². The Hall–Kier alpha value is -1.42. The van der Waals surface area contributed by atoms with E-state index in [9.17, 15) is 10.1 Å². The molecule has 1 amide bonds. The Kier molecular flexibility index (Phi) is 5.34. The van der Waals surface area contributed by atoms with Crippen LogP contribution in [0.5, 0.6) is 0 Å². The molecule has 1 aliphatic heterocycles. The van der Waals surface area contributed by atoms with Gasteiger partial charge in [-0.1, -0.05) is 0 Å². The predicted octanol–water partition coefficient (Wildman–Crippen LogP) is 1.86. The highest BCUT2D eigenvalue weighted by molar-refractivity contribution is 7.16. The first kappa shape index (κ1) is 16.0. The first-order chi connectivity index (χ1) is 10.1. The molecule has 2 N–H and O–H groups in total. The summed E-state index contributed by atoms with van der Waals surface area (Å²) in [7, 11) is 1.94. The van der Waals surface area contributed by atoms with E-state index in [0.29, 0.717) is 23.2 Å². The number of nitriles is 1. The van der Waals surface area contributed by atoms with E-state index in [1.807, 2.05) is 20.9 Å². The van der Waals surface area contributed by atoms with Crippen molar-refractivity contribution in [3.05, 3.63) is 16.0 Å².